The van der Waals surface area contributed by atoms with Gasteiger partial charge in [-0.05, 0) is 56.8 Å². The topological polar surface area (TPSA) is 85.8 Å². The number of aromatic hydroxyl groups is 1. The maximum Gasteiger partial charge on any atom is 0.259 e. The molecule has 1 N–H and O–H groups in total. The van der Waals surface area contributed by atoms with Crippen LogP contribution >= 0.6 is 0 Å². The highest BCUT2D eigenvalue weighted by Gasteiger charge is 2.20. The van der Waals surface area contributed by atoms with Crippen molar-refractivity contribution < 1.29 is 9.50 Å². The Balaban J connectivity index is 1.75. The first-order chi connectivity index (χ1) is 16.2. The quantitative estimate of drug-likeness (QED) is 0.415. The summed E-state index contributed by atoms with van der Waals surface area (Å²) < 4.78 is 17.6. The minimum atomic E-state index is -0.564. The first-order valence-electron chi connectivity index (χ1n) is 11.1. The van der Waals surface area contributed by atoms with Crippen LogP contribution in [0.3, 0.4) is 0 Å². The largest absolute Gasteiger partial charge is 0.508 e. The molecule has 3 heterocycles. The van der Waals surface area contributed by atoms with E-state index in [1.54, 1.807) is 9.25 Å². The first-order valence-corrected chi connectivity index (χ1v) is 11.1. The summed E-state index contributed by atoms with van der Waals surface area (Å²) in [4.78, 5) is 22.2. The van der Waals surface area contributed by atoms with E-state index in [1.807, 2.05) is 52.0 Å². The van der Waals surface area contributed by atoms with Gasteiger partial charge in [-0.15, -0.1) is 0 Å². The Hall–Kier alpha value is -4.07. The van der Waals surface area contributed by atoms with E-state index in [1.165, 1.54) is 18.5 Å². The third-order valence-corrected chi connectivity index (χ3v) is 6.07. The van der Waals surface area contributed by atoms with Crippen LogP contribution in [0.2, 0.25) is 0 Å². The van der Waals surface area contributed by atoms with E-state index in [9.17, 15) is 14.3 Å². The standard InChI is InChI=1S/C26H24FN5O2/c1-14(2)32-20(9-17-7-5-6-15(3)22(17)26(32)34)12-31-25-23(16(4)28-13-29-25)24(30-31)18-8-19(27)11-21(33)10-18/h5-11,13-14,33H,12H2,1-4H3. The molecule has 34 heavy (non-hydrogen) atoms. The molecule has 7 nitrogen and oxygen atoms in total. The zero-order valence-electron chi connectivity index (χ0n) is 19.4. The second-order valence-corrected chi connectivity index (χ2v) is 8.81. The predicted molar refractivity (Wildman–Crippen MR) is 130 cm³/mol. The van der Waals surface area contributed by atoms with Crippen LogP contribution in [0.25, 0.3) is 33.1 Å². The summed E-state index contributed by atoms with van der Waals surface area (Å²) in [6.07, 6.45) is 1.46. The van der Waals surface area contributed by atoms with Gasteiger partial charge in [-0.1, -0.05) is 18.2 Å². The van der Waals surface area contributed by atoms with Crippen molar-refractivity contribution in [3.8, 4) is 17.0 Å². The Morgan fingerprint density at radius 1 is 1.06 bits per heavy atom. The molecule has 0 unspecified atom stereocenters. The molecule has 0 saturated heterocycles. The highest BCUT2D eigenvalue weighted by Crippen LogP contribution is 2.32. The Morgan fingerprint density at radius 2 is 1.85 bits per heavy atom. The van der Waals surface area contributed by atoms with Gasteiger partial charge in [0.2, 0.25) is 0 Å². The van der Waals surface area contributed by atoms with Crippen molar-refractivity contribution in [3.05, 3.63) is 81.9 Å². The molecule has 0 aliphatic heterocycles. The monoisotopic (exact) mass is 457 g/mol. The summed E-state index contributed by atoms with van der Waals surface area (Å²) >= 11 is 0. The van der Waals surface area contributed by atoms with Gasteiger partial charge in [0.15, 0.2) is 5.65 Å². The van der Waals surface area contributed by atoms with Crippen LogP contribution in [0.15, 0.2) is 53.6 Å². The number of halogens is 1. The van der Waals surface area contributed by atoms with Crippen LogP contribution in [0.4, 0.5) is 4.39 Å². The molecule has 0 saturated carbocycles. The van der Waals surface area contributed by atoms with Crippen LogP contribution in [0, 0.1) is 19.7 Å². The summed E-state index contributed by atoms with van der Waals surface area (Å²) in [5.41, 5.74) is 3.83. The summed E-state index contributed by atoms with van der Waals surface area (Å²) in [5, 5.41) is 16.9. The SMILES string of the molecule is Cc1ncnc2c1c(-c1cc(O)cc(F)c1)nn2Cc1cc2cccc(C)c2c(=O)n1C(C)C. The van der Waals surface area contributed by atoms with Gasteiger partial charge in [0.1, 0.15) is 23.6 Å². The number of fused-ring (bicyclic) bond motifs is 2. The molecule has 5 rings (SSSR count). The fourth-order valence-electron chi connectivity index (χ4n) is 4.62. The van der Waals surface area contributed by atoms with E-state index in [4.69, 9.17) is 5.10 Å². The highest BCUT2D eigenvalue weighted by molar-refractivity contribution is 5.93. The van der Waals surface area contributed by atoms with Gasteiger partial charge >= 0.3 is 0 Å². The van der Waals surface area contributed by atoms with E-state index >= 15 is 0 Å². The Kier molecular flexibility index (Phi) is 5.16. The lowest BCUT2D eigenvalue weighted by Gasteiger charge is -2.18. The van der Waals surface area contributed by atoms with Crippen LogP contribution in [-0.2, 0) is 6.54 Å². The zero-order chi connectivity index (χ0) is 24.1. The molecule has 3 aromatic heterocycles. The lowest BCUT2D eigenvalue weighted by atomic mass is 10.1. The molecule has 0 amide bonds. The maximum atomic E-state index is 14.1. The van der Waals surface area contributed by atoms with Crippen molar-refractivity contribution in [1.82, 2.24) is 24.3 Å². The first kappa shape index (κ1) is 21.8. The van der Waals surface area contributed by atoms with Crippen molar-refractivity contribution in [1.29, 1.82) is 0 Å². The molecule has 0 spiro atoms. The number of pyridine rings is 1. The van der Waals surface area contributed by atoms with Gasteiger partial charge in [0, 0.05) is 23.4 Å². The minimum absolute atomic E-state index is 0.0434. The number of aromatic nitrogens is 5. The predicted octanol–water partition coefficient (Wildman–Crippen LogP) is 4.90. The lowest BCUT2D eigenvalue weighted by molar-refractivity contribution is 0.469. The number of hydrogen-bond donors (Lipinski definition) is 1. The molecule has 5 aromatic rings. The summed E-state index contributed by atoms with van der Waals surface area (Å²) in [5.74, 6) is -0.753. The van der Waals surface area contributed by atoms with E-state index in [-0.39, 0.29) is 23.9 Å². The zero-order valence-corrected chi connectivity index (χ0v) is 19.4. The van der Waals surface area contributed by atoms with E-state index < -0.39 is 5.82 Å². The Morgan fingerprint density at radius 3 is 2.59 bits per heavy atom. The second-order valence-electron chi connectivity index (χ2n) is 8.81. The third-order valence-electron chi connectivity index (χ3n) is 6.07. The van der Waals surface area contributed by atoms with Gasteiger partial charge in [-0.2, -0.15) is 5.10 Å². The van der Waals surface area contributed by atoms with E-state index in [2.05, 4.69) is 9.97 Å². The number of benzene rings is 2. The van der Waals surface area contributed by atoms with Gasteiger partial charge in [0.25, 0.3) is 5.56 Å². The van der Waals surface area contributed by atoms with Gasteiger partial charge < -0.3 is 9.67 Å². The number of nitrogens with zero attached hydrogens (tertiary/aromatic N) is 5. The maximum absolute atomic E-state index is 14.1. The molecule has 0 aliphatic rings. The summed E-state index contributed by atoms with van der Waals surface area (Å²) in [6, 6.07) is 11.6. The Labute approximate surface area is 195 Å². The summed E-state index contributed by atoms with van der Waals surface area (Å²) in [6.45, 7) is 8.01. The normalized spacial score (nSPS) is 11.7. The number of rotatable bonds is 4. The molecule has 0 fully saturated rings. The molecular weight excluding hydrogens is 433 g/mol. The molecule has 0 aliphatic carbocycles. The molecule has 0 atom stereocenters. The molecule has 2 aromatic carbocycles. The van der Waals surface area contributed by atoms with Gasteiger partial charge in [-0.25, -0.2) is 19.0 Å². The highest BCUT2D eigenvalue weighted by atomic mass is 19.1. The number of hydrogen-bond acceptors (Lipinski definition) is 5. The van der Waals surface area contributed by atoms with Gasteiger partial charge in [0.05, 0.1) is 23.0 Å². The van der Waals surface area contributed by atoms with Crippen molar-refractivity contribution in [2.24, 2.45) is 0 Å². The lowest BCUT2D eigenvalue weighted by Crippen LogP contribution is -2.27. The average molecular weight is 458 g/mol. The van der Waals surface area contributed by atoms with Crippen LogP contribution in [0.1, 0.15) is 36.8 Å². The number of phenols is 1. The second kappa shape index (κ2) is 8.06. The molecular formula is C26H24FN5O2. The summed E-state index contributed by atoms with van der Waals surface area (Å²) in [7, 11) is 0. The van der Waals surface area contributed by atoms with Crippen molar-refractivity contribution >= 4 is 21.8 Å². The van der Waals surface area contributed by atoms with Crippen molar-refractivity contribution in [2.75, 3.05) is 0 Å². The molecule has 0 radical (unpaired) electrons. The molecule has 0 bridgehead atoms. The van der Waals surface area contributed by atoms with Crippen molar-refractivity contribution in [3.63, 3.8) is 0 Å². The fourth-order valence-corrected chi connectivity index (χ4v) is 4.62. The van der Waals surface area contributed by atoms with E-state index in [0.717, 1.165) is 22.7 Å². The Bertz CT molecular complexity index is 1610. The molecule has 8 heteroatoms. The van der Waals surface area contributed by atoms with Crippen LogP contribution < -0.4 is 5.56 Å². The fraction of sp³-hybridized carbons (Fsp3) is 0.231. The smallest absolute Gasteiger partial charge is 0.259 e. The van der Waals surface area contributed by atoms with E-state index in [0.29, 0.717) is 33.4 Å². The minimum Gasteiger partial charge on any atom is -0.508 e. The number of aryl methyl sites for hydroxylation is 2. The third kappa shape index (κ3) is 3.51. The van der Waals surface area contributed by atoms with Crippen molar-refractivity contribution in [2.45, 2.75) is 40.3 Å². The average Bonchev–Trinajstić information content (AvgIpc) is 3.12. The molecule has 172 valence electrons. The number of phenolic OH excluding ortho intramolecular Hbond substituents is 1. The van der Waals surface area contributed by atoms with Gasteiger partial charge in [-0.3, -0.25) is 4.79 Å². The van der Waals surface area contributed by atoms with Crippen LogP contribution in [-0.4, -0.2) is 29.4 Å². The van der Waals surface area contributed by atoms with Crippen LogP contribution in [0.5, 0.6) is 5.75 Å².